The molecule has 1 aliphatic heterocycles. The Kier molecular flexibility index (Phi) is 2.21. The molecule has 1 fully saturated rings. The second-order valence-electron chi connectivity index (χ2n) is 3.83. The number of nitrogens with zero attached hydrogens (tertiary/aromatic N) is 3. The van der Waals surface area contributed by atoms with E-state index in [1.54, 1.807) is 6.20 Å². The van der Waals surface area contributed by atoms with Gasteiger partial charge in [-0.1, -0.05) is 0 Å². The summed E-state index contributed by atoms with van der Waals surface area (Å²) in [6, 6.07) is 0. The number of hydrogen-bond donors (Lipinski definition) is 1. The van der Waals surface area contributed by atoms with Crippen molar-refractivity contribution in [1.82, 2.24) is 19.7 Å². The summed E-state index contributed by atoms with van der Waals surface area (Å²) in [6.07, 6.45) is 7.00. The van der Waals surface area contributed by atoms with Crippen LogP contribution in [0.4, 0.5) is 0 Å². The quantitative estimate of drug-likeness (QED) is 0.852. The van der Waals surface area contributed by atoms with Crippen LogP contribution in [0, 0.1) is 0 Å². The molecule has 2 aromatic rings. The van der Waals surface area contributed by atoms with Gasteiger partial charge in [-0.2, -0.15) is 0 Å². The molecule has 1 N–H and O–H groups in total. The fraction of sp³-hybridized carbons (Fsp3) is 0.400. The molecule has 4 nitrogen and oxygen atoms in total. The molecule has 2 aromatic heterocycles. The average molecular weight is 267 g/mol. The molecular formula is C10H11BrN4. The Hall–Kier alpha value is -0.940. The Morgan fingerprint density at radius 1 is 1.47 bits per heavy atom. The standard InChI is InChI=1S/C10H11BrN4/c11-9-6-15-5-8(7-1-2-12-3-7)14-10(15)4-13-9/h4-7,12H,1-3H2. The Labute approximate surface area is 95.9 Å². The number of aromatic nitrogens is 3. The van der Waals surface area contributed by atoms with Crippen molar-refractivity contribution >= 4 is 21.6 Å². The zero-order valence-electron chi connectivity index (χ0n) is 8.15. The predicted octanol–water partition coefficient (Wildman–Crippen LogP) is 1.57. The van der Waals surface area contributed by atoms with Crippen LogP contribution in [0.25, 0.3) is 5.65 Å². The van der Waals surface area contributed by atoms with Crippen LogP contribution in [0.2, 0.25) is 0 Å². The van der Waals surface area contributed by atoms with Crippen LogP contribution in [0.15, 0.2) is 23.2 Å². The summed E-state index contributed by atoms with van der Waals surface area (Å²) in [5.41, 5.74) is 2.08. The van der Waals surface area contributed by atoms with E-state index in [0.29, 0.717) is 5.92 Å². The van der Waals surface area contributed by atoms with Gasteiger partial charge >= 0.3 is 0 Å². The van der Waals surface area contributed by atoms with E-state index in [0.717, 1.165) is 23.3 Å². The molecule has 1 saturated heterocycles. The molecule has 1 unspecified atom stereocenters. The zero-order valence-corrected chi connectivity index (χ0v) is 9.74. The predicted molar refractivity (Wildman–Crippen MR) is 60.9 cm³/mol. The van der Waals surface area contributed by atoms with E-state index < -0.39 is 0 Å². The second kappa shape index (κ2) is 3.57. The minimum atomic E-state index is 0.559. The normalized spacial score (nSPS) is 21.3. The first-order valence-corrected chi connectivity index (χ1v) is 5.83. The lowest BCUT2D eigenvalue weighted by molar-refractivity contribution is 0.741. The van der Waals surface area contributed by atoms with Gasteiger partial charge in [0.05, 0.1) is 11.9 Å². The third kappa shape index (κ3) is 1.66. The summed E-state index contributed by atoms with van der Waals surface area (Å²) in [7, 11) is 0. The summed E-state index contributed by atoms with van der Waals surface area (Å²) in [4.78, 5) is 8.74. The van der Waals surface area contributed by atoms with E-state index in [4.69, 9.17) is 0 Å². The molecular weight excluding hydrogens is 256 g/mol. The SMILES string of the molecule is Brc1cn2cc(C3CCNC3)nc2cn1. The highest BCUT2D eigenvalue weighted by atomic mass is 79.9. The molecule has 0 spiro atoms. The first kappa shape index (κ1) is 9.30. The van der Waals surface area contributed by atoms with Crippen LogP contribution in [0.3, 0.4) is 0 Å². The number of fused-ring (bicyclic) bond motifs is 1. The highest BCUT2D eigenvalue weighted by Crippen LogP contribution is 2.22. The first-order valence-electron chi connectivity index (χ1n) is 5.04. The third-order valence-electron chi connectivity index (χ3n) is 2.81. The van der Waals surface area contributed by atoms with E-state index in [2.05, 4.69) is 37.4 Å². The molecule has 0 aliphatic carbocycles. The van der Waals surface area contributed by atoms with Crippen molar-refractivity contribution in [2.75, 3.05) is 13.1 Å². The Bertz CT molecular complexity index is 487. The molecule has 0 aromatic carbocycles. The lowest BCUT2D eigenvalue weighted by Gasteiger charge is -2.01. The first-order chi connectivity index (χ1) is 7.33. The van der Waals surface area contributed by atoms with Gasteiger partial charge in [-0.3, -0.25) is 0 Å². The van der Waals surface area contributed by atoms with E-state index >= 15 is 0 Å². The Morgan fingerprint density at radius 2 is 2.40 bits per heavy atom. The fourth-order valence-electron chi connectivity index (χ4n) is 2.00. The van der Waals surface area contributed by atoms with Crippen LogP contribution < -0.4 is 5.32 Å². The van der Waals surface area contributed by atoms with Crippen molar-refractivity contribution in [1.29, 1.82) is 0 Å². The van der Waals surface area contributed by atoms with Gasteiger partial charge in [0.2, 0.25) is 0 Å². The van der Waals surface area contributed by atoms with Crippen LogP contribution >= 0.6 is 15.9 Å². The summed E-state index contributed by atoms with van der Waals surface area (Å²) < 4.78 is 2.86. The van der Waals surface area contributed by atoms with Crippen LogP contribution in [0.5, 0.6) is 0 Å². The van der Waals surface area contributed by atoms with Crippen molar-refractivity contribution < 1.29 is 0 Å². The second-order valence-corrected chi connectivity index (χ2v) is 4.64. The van der Waals surface area contributed by atoms with Crippen molar-refractivity contribution in [2.45, 2.75) is 12.3 Å². The molecule has 0 radical (unpaired) electrons. The van der Waals surface area contributed by atoms with Gasteiger partial charge in [-0.15, -0.1) is 0 Å². The molecule has 0 amide bonds. The largest absolute Gasteiger partial charge is 0.316 e. The summed E-state index contributed by atoms with van der Waals surface area (Å²) in [5, 5.41) is 3.35. The number of halogens is 1. The molecule has 0 saturated carbocycles. The maximum atomic E-state index is 4.58. The van der Waals surface area contributed by atoms with Crippen LogP contribution in [-0.2, 0) is 0 Å². The number of imidazole rings is 1. The monoisotopic (exact) mass is 266 g/mol. The molecule has 78 valence electrons. The van der Waals surface area contributed by atoms with E-state index in [-0.39, 0.29) is 0 Å². The highest BCUT2D eigenvalue weighted by molar-refractivity contribution is 9.10. The number of nitrogens with one attached hydrogen (secondary N) is 1. The fourth-order valence-corrected chi connectivity index (χ4v) is 2.32. The van der Waals surface area contributed by atoms with Gasteiger partial charge in [-0.25, -0.2) is 9.97 Å². The average Bonchev–Trinajstić information content (AvgIpc) is 2.84. The minimum absolute atomic E-state index is 0.559. The zero-order chi connectivity index (χ0) is 10.3. The Morgan fingerprint density at radius 3 is 3.20 bits per heavy atom. The summed E-state index contributed by atoms with van der Waals surface area (Å²) >= 11 is 3.35. The molecule has 3 heterocycles. The molecule has 1 aliphatic rings. The molecule has 3 rings (SSSR count). The molecule has 15 heavy (non-hydrogen) atoms. The summed E-state index contributed by atoms with van der Waals surface area (Å²) in [5.74, 6) is 0.559. The molecule has 5 heteroatoms. The van der Waals surface area contributed by atoms with Gasteiger partial charge in [0.15, 0.2) is 5.65 Å². The highest BCUT2D eigenvalue weighted by Gasteiger charge is 2.19. The smallest absolute Gasteiger partial charge is 0.155 e. The Balaban J connectivity index is 2.05. The lowest BCUT2D eigenvalue weighted by atomic mass is 10.1. The summed E-state index contributed by atoms with van der Waals surface area (Å²) in [6.45, 7) is 2.14. The van der Waals surface area contributed by atoms with Crippen molar-refractivity contribution in [3.63, 3.8) is 0 Å². The maximum absolute atomic E-state index is 4.58. The third-order valence-corrected chi connectivity index (χ3v) is 3.22. The van der Waals surface area contributed by atoms with Gasteiger partial charge in [0.1, 0.15) is 4.60 Å². The topological polar surface area (TPSA) is 42.2 Å². The van der Waals surface area contributed by atoms with Crippen molar-refractivity contribution in [3.8, 4) is 0 Å². The van der Waals surface area contributed by atoms with E-state index in [9.17, 15) is 0 Å². The van der Waals surface area contributed by atoms with Crippen LogP contribution in [-0.4, -0.2) is 27.5 Å². The van der Waals surface area contributed by atoms with E-state index in [1.165, 1.54) is 12.1 Å². The minimum Gasteiger partial charge on any atom is -0.316 e. The van der Waals surface area contributed by atoms with Gasteiger partial charge in [0, 0.05) is 24.9 Å². The number of hydrogen-bond acceptors (Lipinski definition) is 3. The van der Waals surface area contributed by atoms with Crippen LogP contribution in [0.1, 0.15) is 18.0 Å². The van der Waals surface area contributed by atoms with Gasteiger partial charge < -0.3 is 9.72 Å². The van der Waals surface area contributed by atoms with Crippen molar-refractivity contribution in [3.05, 3.63) is 28.9 Å². The molecule has 0 bridgehead atoms. The van der Waals surface area contributed by atoms with Gasteiger partial charge in [0.25, 0.3) is 0 Å². The van der Waals surface area contributed by atoms with Crippen molar-refractivity contribution in [2.24, 2.45) is 0 Å². The molecule has 1 atom stereocenters. The van der Waals surface area contributed by atoms with Gasteiger partial charge in [-0.05, 0) is 28.9 Å². The van der Waals surface area contributed by atoms with E-state index in [1.807, 2.05) is 10.6 Å². The maximum Gasteiger partial charge on any atom is 0.155 e. The number of rotatable bonds is 1. The lowest BCUT2D eigenvalue weighted by Crippen LogP contribution is -2.07.